The molecule has 4 saturated carbocycles. The third-order valence-corrected chi connectivity index (χ3v) is 8.30. The van der Waals surface area contributed by atoms with Gasteiger partial charge in [0.2, 0.25) is 11.8 Å². The Balaban J connectivity index is 0.000000405. The number of aromatic hydroxyl groups is 1. The number of carbonyl (C=O) groups excluding carboxylic acids is 2. The molecule has 5 aliphatic rings. The molecular formula is C26H34F3N3O5. The summed E-state index contributed by atoms with van der Waals surface area (Å²) in [5.74, 6) is 0.270. The quantitative estimate of drug-likeness (QED) is 0.467. The number of aliphatic carboxylic acids is 1. The first-order valence-corrected chi connectivity index (χ1v) is 12.9. The number of alkyl halides is 3. The Bertz CT molecular complexity index is 989. The number of hydrogen-bond donors (Lipinski definition) is 4. The van der Waals surface area contributed by atoms with Gasteiger partial charge in [0, 0.05) is 12.6 Å². The second kappa shape index (κ2) is 10.9. The number of carbonyl (C=O) groups is 3. The Labute approximate surface area is 213 Å². The van der Waals surface area contributed by atoms with Crippen LogP contribution in [0, 0.1) is 23.7 Å². The number of rotatable bonds is 5. The third kappa shape index (κ3) is 6.37. The highest BCUT2D eigenvalue weighted by molar-refractivity contribution is 5.90. The number of hydrogen-bond acceptors (Lipinski definition) is 5. The largest absolute Gasteiger partial charge is 0.508 e. The van der Waals surface area contributed by atoms with Crippen LogP contribution in [-0.4, -0.2) is 63.7 Å². The predicted octanol–water partition coefficient (Wildman–Crippen LogP) is 2.83. The van der Waals surface area contributed by atoms with E-state index in [9.17, 15) is 27.9 Å². The minimum absolute atomic E-state index is 0.0166. The monoisotopic (exact) mass is 525 g/mol. The molecule has 1 aromatic rings. The van der Waals surface area contributed by atoms with Crippen LogP contribution in [0.2, 0.25) is 0 Å². The van der Waals surface area contributed by atoms with Crippen molar-refractivity contribution in [1.82, 2.24) is 10.2 Å². The molecule has 2 amide bonds. The van der Waals surface area contributed by atoms with Crippen molar-refractivity contribution in [2.24, 2.45) is 29.4 Å². The van der Waals surface area contributed by atoms with Crippen LogP contribution in [0.4, 0.5) is 13.2 Å². The minimum atomic E-state index is -5.08. The summed E-state index contributed by atoms with van der Waals surface area (Å²) in [5, 5.41) is 20.1. The molecule has 4 aliphatic carbocycles. The molecule has 8 nitrogen and oxygen atoms in total. The molecule has 1 heterocycles. The van der Waals surface area contributed by atoms with Gasteiger partial charge in [-0.1, -0.05) is 12.1 Å². The van der Waals surface area contributed by atoms with Gasteiger partial charge in [-0.3, -0.25) is 9.59 Å². The number of nitrogens with two attached hydrogens (primary N) is 1. The average molecular weight is 526 g/mol. The van der Waals surface area contributed by atoms with Crippen LogP contribution in [0.5, 0.6) is 5.75 Å². The van der Waals surface area contributed by atoms with Crippen molar-refractivity contribution in [3.8, 4) is 5.75 Å². The Hall–Kier alpha value is -2.82. The average Bonchev–Trinajstić information content (AvgIpc) is 3.30. The fraction of sp³-hybridized carbons (Fsp3) is 0.654. The van der Waals surface area contributed by atoms with Gasteiger partial charge < -0.3 is 26.2 Å². The topological polar surface area (TPSA) is 133 Å². The van der Waals surface area contributed by atoms with Crippen LogP contribution >= 0.6 is 0 Å². The molecule has 5 N–H and O–H groups in total. The van der Waals surface area contributed by atoms with E-state index in [4.69, 9.17) is 15.6 Å². The lowest BCUT2D eigenvalue weighted by Crippen LogP contribution is -2.59. The number of benzene rings is 1. The number of nitrogens with zero attached hydrogens (tertiary/aromatic N) is 1. The molecular weight excluding hydrogens is 491 g/mol. The number of carboxylic acids is 1. The Kier molecular flexibility index (Phi) is 8.01. The van der Waals surface area contributed by atoms with E-state index in [2.05, 4.69) is 5.32 Å². The molecule has 1 aliphatic heterocycles. The van der Waals surface area contributed by atoms with E-state index >= 15 is 0 Å². The van der Waals surface area contributed by atoms with Crippen molar-refractivity contribution in [3.05, 3.63) is 29.8 Å². The number of halogens is 3. The molecule has 0 radical (unpaired) electrons. The van der Waals surface area contributed by atoms with Gasteiger partial charge in [-0.2, -0.15) is 13.2 Å². The van der Waals surface area contributed by atoms with Crippen LogP contribution in [0.15, 0.2) is 24.3 Å². The summed E-state index contributed by atoms with van der Waals surface area (Å²) in [6.07, 6.45) is 3.28. The Morgan fingerprint density at radius 3 is 2.22 bits per heavy atom. The number of amides is 2. The second-order valence-electron chi connectivity index (χ2n) is 10.9. The molecule has 1 saturated heterocycles. The first-order valence-electron chi connectivity index (χ1n) is 12.9. The predicted molar refractivity (Wildman–Crippen MR) is 127 cm³/mol. The molecule has 6 rings (SSSR count). The number of phenols is 1. The van der Waals surface area contributed by atoms with Gasteiger partial charge in [-0.15, -0.1) is 0 Å². The Morgan fingerprint density at radius 1 is 1.08 bits per heavy atom. The van der Waals surface area contributed by atoms with Crippen LogP contribution in [0.25, 0.3) is 0 Å². The van der Waals surface area contributed by atoms with E-state index in [0.717, 1.165) is 23.8 Å². The molecule has 2 atom stereocenters. The molecule has 0 aromatic heterocycles. The zero-order valence-electron chi connectivity index (χ0n) is 20.5. The molecule has 1 unspecified atom stereocenters. The lowest BCUT2D eigenvalue weighted by Gasteiger charge is -2.54. The van der Waals surface area contributed by atoms with E-state index in [0.29, 0.717) is 37.3 Å². The summed E-state index contributed by atoms with van der Waals surface area (Å²) < 4.78 is 31.7. The van der Waals surface area contributed by atoms with Crippen LogP contribution in [0.3, 0.4) is 0 Å². The lowest BCUT2D eigenvalue weighted by atomic mass is 9.54. The van der Waals surface area contributed by atoms with Gasteiger partial charge in [0.25, 0.3) is 0 Å². The maximum Gasteiger partial charge on any atom is 0.490 e. The second-order valence-corrected chi connectivity index (χ2v) is 10.9. The molecule has 5 fully saturated rings. The summed E-state index contributed by atoms with van der Waals surface area (Å²) in [4.78, 5) is 36.8. The summed E-state index contributed by atoms with van der Waals surface area (Å²) >= 11 is 0. The minimum Gasteiger partial charge on any atom is -0.508 e. The van der Waals surface area contributed by atoms with E-state index in [1.54, 1.807) is 23.1 Å². The summed E-state index contributed by atoms with van der Waals surface area (Å²) in [5.41, 5.74) is 7.04. The molecule has 0 spiro atoms. The van der Waals surface area contributed by atoms with Gasteiger partial charge in [0.1, 0.15) is 11.8 Å². The fourth-order valence-corrected chi connectivity index (χ4v) is 6.96. The van der Waals surface area contributed by atoms with Crippen LogP contribution < -0.4 is 11.1 Å². The number of carboxylic acid groups (broad SMARTS) is 1. The van der Waals surface area contributed by atoms with Gasteiger partial charge in [0.05, 0.1) is 6.04 Å². The van der Waals surface area contributed by atoms with Gasteiger partial charge in [0.15, 0.2) is 0 Å². The van der Waals surface area contributed by atoms with E-state index in [1.165, 1.54) is 32.1 Å². The van der Waals surface area contributed by atoms with Gasteiger partial charge >= 0.3 is 12.1 Å². The van der Waals surface area contributed by atoms with Gasteiger partial charge in [-0.25, -0.2) is 4.79 Å². The van der Waals surface area contributed by atoms with Crippen molar-refractivity contribution in [2.75, 3.05) is 6.54 Å². The maximum atomic E-state index is 13.2. The zero-order valence-corrected chi connectivity index (χ0v) is 20.5. The number of phenolic OH excluding ortho intramolecular Hbond substituents is 1. The van der Waals surface area contributed by atoms with Crippen molar-refractivity contribution >= 4 is 17.8 Å². The lowest BCUT2D eigenvalue weighted by molar-refractivity contribution is -0.192. The molecule has 4 bridgehead atoms. The van der Waals surface area contributed by atoms with Gasteiger partial charge in [-0.05, 0) is 92.7 Å². The van der Waals surface area contributed by atoms with E-state index < -0.39 is 24.2 Å². The maximum absolute atomic E-state index is 13.2. The van der Waals surface area contributed by atoms with Crippen molar-refractivity contribution in [1.29, 1.82) is 0 Å². The molecule has 11 heteroatoms. The molecule has 1 aromatic carbocycles. The normalized spacial score (nSPS) is 30.9. The zero-order chi connectivity index (χ0) is 26.9. The van der Waals surface area contributed by atoms with Crippen molar-refractivity contribution < 1.29 is 37.8 Å². The molecule has 204 valence electrons. The van der Waals surface area contributed by atoms with E-state index in [1.807, 2.05) is 6.07 Å². The first kappa shape index (κ1) is 27.2. The summed E-state index contributed by atoms with van der Waals surface area (Å²) in [6, 6.07) is 6.03. The smallest absolute Gasteiger partial charge is 0.490 e. The summed E-state index contributed by atoms with van der Waals surface area (Å²) in [6.45, 7) is 0.590. The highest BCUT2D eigenvalue weighted by Gasteiger charge is 2.49. The van der Waals surface area contributed by atoms with Crippen LogP contribution in [0.1, 0.15) is 50.5 Å². The fourth-order valence-electron chi connectivity index (χ4n) is 6.96. The Morgan fingerprint density at radius 2 is 1.68 bits per heavy atom. The van der Waals surface area contributed by atoms with Crippen molar-refractivity contribution in [2.45, 2.75) is 75.7 Å². The van der Waals surface area contributed by atoms with Crippen LogP contribution in [-0.2, 0) is 20.8 Å². The standard InChI is InChI=1S/C24H33N3O3.C2HF3O2/c25-20(13-14-3-1-4-19(28)12-14)24(30)27-6-2-5-21(27)23(29)26-22-17-8-15-7-16(10-17)11-18(22)9-15;3-2(4,5)1(6)7/h1,3-4,12,15-18,20-22,28H,2,5-11,13,25H2,(H,26,29);(H,6,7)/t15?,16?,17?,18?,20?,21-,22?;/m1./s1. The SMILES string of the molecule is NC(Cc1cccc(O)c1)C(=O)N1CCC[C@@H]1C(=O)NC1C2CC3CC(C2)CC1C3.O=C(O)C(F)(F)F. The van der Waals surface area contributed by atoms with E-state index in [-0.39, 0.29) is 17.6 Å². The van der Waals surface area contributed by atoms with Crippen molar-refractivity contribution in [3.63, 3.8) is 0 Å². The third-order valence-electron chi connectivity index (χ3n) is 8.30. The first-order chi connectivity index (χ1) is 17.4. The highest BCUT2D eigenvalue weighted by atomic mass is 19.4. The number of nitrogens with one attached hydrogen (secondary N) is 1. The number of likely N-dealkylation sites (tertiary alicyclic amines) is 1. The summed E-state index contributed by atoms with van der Waals surface area (Å²) in [7, 11) is 0. The molecule has 37 heavy (non-hydrogen) atoms. The highest BCUT2D eigenvalue weighted by Crippen LogP contribution is 2.53.